The summed E-state index contributed by atoms with van der Waals surface area (Å²) >= 11 is 3.02. The predicted molar refractivity (Wildman–Crippen MR) is 62.0 cm³/mol. The highest BCUT2D eigenvalue weighted by molar-refractivity contribution is 9.11. The first kappa shape index (κ1) is 13.1. The molecule has 0 radical (unpaired) electrons. The molecule has 1 aliphatic rings. The Balaban J connectivity index is 2.68. The molecule has 0 saturated carbocycles. The maximum atomic E-state index is 11.6. The molecule has 1 atom stereocenters. The molecule has 1 fully saturated rings. The number of hydrogen-bond donors (Lipinski definition) is 1. The van der Waals surface area contributed by atoms with Crippen LogP contribution in [-0.2, 0) is 19.9 Å². The third-order valence-corrected chi connectivity index (χ3v) is 6.18. The molecular formula is C7H12BrNO4S2. The lowest BCUT2D eigenvalue weighted by Crippen LogP contribution is -2.35. The molecule has 0 spiro atoms. The number of sulfonamides is 1. The van der Waals surface area contributed by atoms with E-state index in [1.807, 2.05) is 0 Å². The second kappa shape index (κ2) is 4.52. The summed E-state index contributed by atoms with van der Waals surface area (Å²) in [6, 6.07) is 0. The zero-order valence-corrected chi connectivity index (χ0v) is 11.2. The van der Waals surface area contributed by atoms with Crippen LogP contribution in [0.3, 0.4) is 0 Å². The first-order valence-electron chi connectivity index (χ1n) is 4.25. The molecule has 1 rings (SSSR count). The zero-order chi connectivity index (χ0) is 11.7. The van der Waals surface area contributed by atoms with Gasteiger partial charge >= 0.3 is 0 Å². The second-order valence-electron chi connectivity index (χ2n) is 3.41. The first-order chi connectivity index (χ1) is 6.73. The van der Waals surface area contributed by atoms with Gasteiger partial charge in [-0.2, -0.15) is 0 Å². The minimum atomic E-state index is -3.55. The van der Waals surface area contributed by atoms with Crippen LogP contribution in [-0.4, -0.2) is 40.1 Å². The van der Waals surface area contributed by atoms with Gasteiger partial charge in [0.25, 0.3) is 0 Å². The van der Waals surface area contributed by atoms with Gasteiger partial charge in [-0.15, -0.1) is 0 Å². The average Bonchev–Trinajstić information content (AvgIpc) is 2.43. The van der Waals surface area contributed by atoms with E-state index in [1.165, 1.54) is 0 Å². The topological polar surface area (TPSA) is 80.3 Å². The Labute approximate surface area is 98.0 Å². The second-order valence-corrected chi connectivity index (χ2v) is 8.80. The Hall–Kier alpha value is 0.0800. The molecule has 0 bridgehead atoms. The van der Waals surface area contributed by atoms with Crippen molar-refractivity contribution in [3.63, 3.8) is 0 Å². The van der Waals surface area contributed by atoms with Crippen LogP contribution in [0.1, 0.15) is 6.42 Å². The van der Waals surface area contributed by atoms with Crippen LogP contribution in [0.15, 0.2) is 11.1 Å². The van der Waals surface area contributed by atoms with Crippen LogP contribution < -0.4 is 4.72 Å². The molecule has 0 aromatic rings. The van der Waals surface area contributed by atoms with Gasteiger partial charge in [0, 0.05) is 11.0 Å². The van der Waals surface area contributed by atoms with Crippen molar-refractivity contribution < 1.29 is 16.8 Å². The van der Waals surface area contributed by atoms with Crippen molar-refractivity contribution in [1.29, 1.82) is 0 Å². The molecule has 0 aromatic carbocycles. The van der Waals surface area contributed by atoms with Crippen molar-refractivity contribution in [3.05, 3.63) is 11.1 Å². The fourth-order valence-corrected chi connectivity index (χ4v) is 5.70. The van der Waals surface area contributed by atoms with Gasteiger partial charge in [-0.25, -0.2) is 21.6 Å². The molecule has 0 aliphatic carbocycles. The van der Waals surface area contributed by atoms with E-state index in [0.717, 1.165) is 0 Å². The third-order valence-electron chi connectivity index (χ3n) is 2.09. The molecule has 8 heteroatoms. The predicted octanol–water partition coefficient (Wildman–Crippen LogP) is 0.00150. The van der Waals surface area contributed by atoms with Gasteiger partial charge in [0.1, 0.15) is 0 Å². The van der Waals surface area contributed by atoms with E-state index in [1.54, 1.807) is 0 Å². The number of hydrogen-bond acceptors (Lipinski definition) is 4. The Morgan fingerprint density at radius 1 is 1.53 bits per heavy atom. The molecule has 1 unspecified atom stereocenters. The zero-order valence-electron chi connectivity index (χ0n) is 7.94. The Kier molecular flexibility index (Phi) is 3.96. The van der Waals surface area contributed by atoms with Crippen LogP contribution in [0.2, 0.25) is 0 Å². The normalized spacial score (nSPS) is 25.3. The van der Waals surface area contributed by atoms with Crippen molar-refractivity contribution >= 4 is 35.8 Å². The van der Waals surface area contributed by atoms with Gasteiger partial charge in [0.15, 0.2) is 9.84 Å². The van der Waals surface area contributed by atoms with E-state index in [4.69, 9.17) is 0 Å². The Morgan fingerprint density at radius 3 is 2.53 bits per heavy atom. The van der Waals surface area contributed by atoms with E-state index in [-0.39, 0.29) is 24.5 Å². The van der Waals surface area contributed by atoms with Crippen LogP contribution in [0, 0.1) is 0 Å². The molecule has 1 heterocycles. The van der Waals surface area contributed by atoms with Crippen molar-refractivity contribution in [1.82, 2.24) is 4.72 Å². The standard InChI is InChI=1S/C7H12BrNO4S2/c1-6(8)4-9-15(12,13)7-2-3-14(10,11)5-7/h7,9H,1-5H2. The summed E-state index contributed by atoms with van der Waals surface area (Å²) in [5.41, 5.74) is 0. The summed E-state index contributed by atoms with van der Waals surface area (Å²) < 4.78 is 48.2. The molecule has 1 aliphatic heterocycles. The molecule has 1 N–H and O–H groups in total. The van der Waals surface area contributed by atoms with E-state index in [0.29, 0.717) is 4.48 Å². The molecule has 0 aromatic heterocycles. The van der Waals surface area contributed by atoms with Crippen LogP contribution in [0.25, 0.3) is 0 Å². The van der Waals surface area contributed by atoms with Gasteiger partial charge in [-0.3, -0.25) is 0 Å². The lowest BCUT2D eigenvalue weighted by Gasteiger charge is -2.10. The van der Waals surface area contributed by atoms with Gasteiger partial charge in [0.05, 0.1) is 16.8 Å². The smallest absolute Gasteiger partial charge is 0.215 e. The van der Waals surface area contributed by atoms with Crippen molar-refractivity contribution in [3.8, 4) is 0 Å². The molecule has 5 nitrogen and oxygen atoms in total. The average molecular weight is 318 g/mol. The highest BCUT2D eigenvalue weighted by atomic mass is 79.9. The highest BCUT2D eigenvalue weighted by Gasteiger charge is 2.36. The van der Waals surface area contributed by atoms with E-state index in [9.17, 15) is 16.8 Å². The van der Waals surface area contributed by atoms with Crippen molar-refractivity contribution in [2.24, 2.45) is 0 Å². The van der Waals surface area contributed by atoms with Crippen LogP contribution in [0.4, 0.5) is 0 Å². The van der Waals surface area contributed by atoms with Crippen molar-refractivity contribution in [2.75, 3.05) is 18.1 Å². The summed E-state index contributed by atoms with van der Waals surface area (Å²) in [6.07, 6.45) is 0.173. The third kappa shape index (κ3) is 3.86. The van der Waals surface area contributed by atoms with Gasteiger partial charge in [-0.05, 0) is 6.42 Å². The summed E-state index contributed by atoms with van der Waals surface area (Å²) in [5.74, 6) is -0.328. The summed E-state index contributed by atoms with van der Waals surface area (Å²) in [5, 5.41) is -0.825. The number of sulfone groups is 1. The van der Waals surface area contributed by atoms with Gasteiger partial charge in [-0.1, -0.05) is 22.5 Å². The van der Waals surface area contributed by atoms with E-state index >= 15 is 0 Å². The molecule has 0 amide bonds. The van der Waals surface area contributed by atoms with Gasteiger partial charge < -0.3 is 0 Å². The van der Waals surface area contributed by atoms with Crippen LogP contribution >= 0.6 is 15.9 Å². The van der Waals surface area contributed by atoms with E-state index < -0.39 is 25.1 Å². The van der Waals surface area contributed by atoms with Gasteiger partial charge in [0.2, 0.25) is 10.0 Å². The quantitative estimate of drug-likeness (QED) is 0.791. The highest BCUT2D eigenvalue weighted by Crippen LogP contribution is 2.18. The molecule has 1 saturated heterocycles. The summed E-state index contributed by atoms with van der Waals surface area (Å²) in [6.45, 7) is 3.57. The van der Waals surface area contributed by atoms with Crippen LogP contribution in [0.5, 0.6) is 0 Å². The Bertz CT molecular complexity index is 453. The maximum Gasteiger partial charge on any atom is 0.215 e. The number of halogens is 1. The maximum absolute atomic E-state index is 11.6. The fraction of sp³-hybridized carbons (Fsp3) is 0.714. The number of rotatable bonds is 4. The minimum Gasteiger partial charge on any atom is -0.229 e. The number of nitrogens with one attached hydrogen (secondary N) is 1. The summed E-state index contributed by atoms with van der Waals surface area (Å²) in [4.78, 5) is 0. The monoisotopic (exact) mass is 317 g/mol. The molecular weight excluding hydrogens is 306 g/mol. The molecule has 15 heavy (non-hydrogen) atoms. The largest absolute Gasteiger partial charge is 0.229 e. The summed E-state index contributed by atoms with van der Waals surface area (Å²) in [7, 11) is -6.72. The molecule has 88 valence electrons. The van der Waals surface area contributed by atoms with Crippen molar-refractivity contribution in [2.45, 2.75) is 11.7 Å². The SMILES string of the molecule is C=C(Br)CNS(=O)(=O)C1CCS(=O)(=O)C1. The lowest BCUT2D eigenvalue weighted by atomic mass is 10.4. The minimum absolute atomic E-state index is 0.0478. The van der Waals surface area contributed by atoms with E-state index in [2.05, 4.69) is 27.2 Å². The lowest BCUT2D eigenvalue weighted by molar-refractivity contribution is 0.572. The fourth-order valence-electron chi connectivity index (χ4n) is 1.30. The Morgan fingerprint density at radius 2 is 2.13 bits per heavy atom. The first-order valence-corrected chi connectivity index (χ1v) is 8.41.